The Balaban J connectivity index is 1.63. The van der Waals surface area contributed by atoms with E-state index < -0.39 is 0 Å². The fourth-order valence-corrected chi connectivity index (χ4v) is 1.89. The van der Waals surface area contributed by atoms with Gasteiger partial charge in [0.05, 0.1) is 23.7 Å². The zero-order valence-electron chi connectivity index (χ0n) is 10.8. The van der Waals surface area contributed by atoms with Gasteiger partial charge in [0.2, 0.25) is 5.91 Å². The summed E-state index contributed by atoms with van der Waals surface area (Å²) in [7, 11) is 0. The lowest BCUT2D eigenvalue weighted by Crippen LogP contribution is -2.14. The molecule has 0 saturated heterocycles. The number of benzene rings is 1. The number of hydrogen-bond donors (Lipinski definition) is 2. The fourth-order valence-electron chi connectivity index (χ4n) is 1.77. The van der Waals surface area contributed by atoms with Crippen molar-refractivity contribution in [2.45, 2.75) is 25.7 Å². The molecular formula is C14H19ClN2O2. The molecule has 104 valence electrons. The van der Waals surface area contributed by atoms with Crippen molar-refractivity contribution in [3.8, 4) is 0 Å². The number of hydrogen-bond acceptors (Lipinski definition) is 3. The van der Waals surface area contributed by atoms with Crippen LogP contribution in [0.5, 0.6) is 0 Å². The Hall–Kier alpha value is -1.26. The largest absolute Gasteiger partial charge is 0.397 e. The van der Waals surface area contributed by atoms with E-state index >= 15 is 0 Å². The van der Waals surface area contributed by atoms with Crippen molar-refractivity contribution in [3.63, 3.8) is 0 Å². The van der Waals surface area contributed by atoms with Crippen LogP contribution in [0.2, 0.25) is 5.02 Å². The quantitative estimate of drug-likeness (QED) is 0.597. The molecular weight excluding hydrogens is 264 g/mol. The summed E-state index contributed by atoms with van der Waals surface area (Å²) in [5.41, 5.74) is 6.78. The summed E-state index contributed by atoms with van der Waals surface area (Å²) >= 11 is 5.81. The van der Waals surface area contributed by atoms with Gasteiger partial charge in [-0.3, -0.25) is 4.79 Å². The van der Waals surface area contributed by atoms with Gasteiger partial charge >= 0.3 is 0 Å². The maximum atomic E-state index is 11.7. The number of carbonyl (C=O) groups is 1. The molecule has 1 aliphatic rings. The maximum Gasteiger partial charge on any atom is 0.226 e. The summed E-state index contributed by atoms with van der Waals surface area (Å²) in [6.45, 7) is 1.22. The first-order valence-corrected chi connectivity index (χ1v) is 6.95. The van der Waals surface area contributed by atoms with E-state index in [4.69, 9.17) is 22.1 Å². The van der Waals surface area contributed by atoms with Crippen LogP contribution < -0.4 is 11.1 Å². The minimum atomic E-state index is -0.0758. The maximum absolute atomic E-state index is 11.7. The SMILES string of the molecule is Nc1cc(NC(=O)CCOCCC2CC2)ccc1Cl. The molecule has 5 heteroatoms. The van der Waals surface area contributed by atoms with Gasteiger partial charge in [0.15, 0.2) is 0 Å². The molecule has 1 amide bonds. The first-order chi connectivity index (χ1) is 9.15. The average molecular weight is 283 g/mol. The van der Waals surface area contributed by atoms with Crippen LogP contribution in [-0.2, 0) is 9.53 Å². The lowest BCUT2D eigenvalue weighted by molar-refractivity contribution is -0.117. The van der Waals surface area contributed by atoms with Crippen molar-refractivity contribution >= 4 is 28.9 Å². The van der Waals surface area contributed by atoms with E-state index in [1.807, 2.05) is 0 Å². The Morgan fingerprint density at radius 2 is 2.21 bits per heavy atom. The summed E-state index contributed by atoms with van der Waals surface area (Å²) in [6, 6.07) is 5.04. The standard InChI is InChI=1S/C14H19ClN2O2/c15-12-4-3-11(9-13(12)16)17-14(18)6-8-19-7-5-10-1-2-10/h3-4,9-10H,1-2,5-8,16H2,(H,17,18). The monoisotopic (exact) mass is 282 g/mol. The molecule has 0 radical (unpaired) electrons. The molecule has 4 nitrogen and oxygen atoms in total. The van der Waals surface area contributed by atoms with Crippen molar-refractivity contribution in [2.75, 3.05) is 24.3 Å². The molecule has 1 aromatic rings. The summed E-state index contributed by atoms with van der Waals surface area (Å²) in [5, 5.41) is 3.25. The number of ether oxygens (including phenoxy) is 1. The molecule has 3 N–H and O–H groups in total. The second kappa shape index (κ2) is 6.78. The highest BCUT2D eigenvalue weighted by Gasteiger charge is 2.20. The number of halogens is 1. The molecule has 0 unspecified atom stereocenters. The number of nitrogens with one attached hydrogen (secondary N) is 1. The van der Waals surface area contributed by atoms with Gasteiger partial charge in [-0.2, -0.15) is 0 Å². The van der Waals surface area contributed by atoms with Crippen LogP contribution in [0.15, 0.2) is 18.2 Å². The predicted octanol–water partition coefficient (Wildman–Crippen LogP) is 3.07. The highest BCUT2D eigenvalue weighted by atomic mass is 35.5. The second-order valence-corrected chi connectivity index (χ2v) is 5.29. The molecule has 1 aliphatic carbocycles. The molecule has 2 rings (SSSR count). The van der Waals surface area contributed by atoms with E-state index in [0.717, 1.165) is 18.9 Å². The van der Waals surface area contributed by atoms with Crippen molar-refractivity contribution in [1.29, 1.82) is 0 Å². The minimum absolute atomic E-state index is 0.0758. The summed E-state index contributed by atoms with van der Waals surface area (Å²) in [5.74, 6) is 0.791. The van der Waals surface area contributed by atoms with Gasteiger partial charge in [-0.1, -0.05) is 24.4 Å². The first kappa shape index (κ1) is 14.2. The lowest BCUT2D eigenvalue weighted by atomic mass is 10.2. The molecule has 0 spiro atoms. The van der Waals surface area contributed by atoms with E-state index in [9.17, 15) is 4.79 Å². The molecule has 0 atom stereocenters. The highest BCUT2D eigenvalue weighted by molar-refractivity contribution is 6.33. The molecule has 1 aromatic carbocycles. The third kappa shape index (κ3) is 5.09. The number of amides is 1. The van der Waals surface area contributed by atoms with Crippen LogP contribution in [0.3, 0.4) is 0 Å². The van der Waals surface area contributed by atoms with E-state index in [2.05, 4.69) is 5.32 Å². The minimum Gasteiger partial charge on any atom is -0.397 e. The number of nitrogens with two attached hydrogens (primary N) is 1. The number of rotatable bonds is 7. The Kier molecular flexibility index (Phi) is 5.05. The fraction of sp³-hybridized carbons (Fsp3) is 0.500. The van der Waals surface area contributed by atoms with E-state index in [-0.39, 0.29) is 5.91 Å². The van der Waals surface area contributed by atoms with Gasteiger partial charge in [-0.25, -0.2) is 0 Å². The van der Waals surface area contributed by atoms with E-state index in [1.165, 1.54) is 12.8 Å². The van der Waals surface area contributed by atoms with Crippen molar-refractivity contribution in [1.82, 2.24) is 0 Å². The van der Waals surface area contributed by atoms with Crippen LogP contribution in [-0.4, -0.2) is 19.1 Å². The van der Waals surface area contributed by atoms with E-state index in [1.54, 1.807) is 18.2 Å². The lowest BCUT2D eigenvalue weighted by Gasteiger charge is -2.07. The third-order valence-corrected chi connectivity index (χ3v) is 3.46. The normalized spacial score (nSPS) is 14.4. The van der Waals surface area contributed by atoms with Crippen LogP contribution in [0.25, 0.3) is 0 Å². The molecule has 1 saturated carbocycles. The van der Waals surface area contributed by atoms with E-state index in [0.29, 0.717) is 29.4 Å². The van der Waals surface area contributed by atoms with Crippen LogP contribution in [0.4, 0.5) is 11.4 Å². The van der Waals surface area contributed by atoms with Crippen molar-refractivity contribution in [2.24, 2.45) is 5.92 Å². The van der Waals surface area contributed by atoms with Crippen molar-refractivity contribution in [3.05, 3.63) is 23.2 Å². The van der Waals surface area contributed by atoms with Gasteiger partial charge in [0.25, 0.3) is 0 Å². The summed E-state index contributed by atoms with van der Waals surface area (Å²) < 4.78 is 5.43. The Bertz CT molecular complexity index is 447. The van der Waals surface area contributed by atoms with Crippen LogP contribution in [0, 0.1) is 5.92 Å². The zero-order valence-corrected chi connectivity index (χ0v) is 11.6. The Labute approximate surface area is 118 Å². The predicted molar refractivity (Wildman–Crippen MR) is 77.3 cm³/mol. The smallest absolute Gasteiger partial charge is 0.226 e. The second-order valence-electron chi connectivity index (χ2n) is 4.88. The highest BCUT2D eigenvalue weighted by Crippen LogP contribution is 2.32. The van der Waals surface area contributed by atoms with Crippen molar-refractivity contribution < 1.29 is 9.53 Å². The summed E-state index contributed by atoms with van der Waals surface area (Å²) in [4.78, 5) is 11.7. The Morgan fingerprint density at radius 3 is 2.89 bits per heavy atom. The van der Waals surface area contributed by atoms with Gasteiger partial charge in [-0.05, 0) is 30.5 Å². The molecule has 0 aliphatic heterocycles. The van der Waals surface area contributed by atoms with Gasteiger partial charge in [0.1, 0.15) is 0 Å². The number of nitrogen functional groups attached to an aromatic ring is 1. The van der Waals surface area contributed by atoms with Crippen LogP contribution >= 0.6 is 11.6 Å². The van der Waals surface area contributed by atoms with Gasteiger partial charge in [-0.15, -0.1) is 0 Å². The molecule has 0 aromatic heterocycles. The first-order valence-electron chi connectivity index (χ1n) is 6.58. The molecule has 0 bridgehead atoms. The zero-order chi connectivity index (χ0) is 13.7. The third-order valence-electron chi connectivity index (χ3n) is 3.12. The topological polar surface area (TPSA) is 64.3 Å². The average Bonchev–Trinajstić information content (AvgIpc) is 3.17. The molecule has 0 heterocycles. The van der Waals surface area contributed by atoms with Gasteiger partial charge < -0.3 is 15.8 Å². The number of carbonyl (C=O) groups excluding carboxylic acids is 1. The molecule has 19 heavy (non-hydrogen) atoms. The molecule has 1 fully saturated rings. The van der Waals surface area contributed by atoms with Gasteiger partial charge in [0, 0.05) is 12.3 Å². The Morgan fingerprint density at radius 1 is 1.42 bits per heavy atom. The number of anilines is 2. The van der Waals surface area contributed by atoms with Crippen LogP contribution in [0.1, 0.15) is 25.7 Å². The summed E-state index contributed by atoms with van der Waals surface area (Å²) in [6.07, 6.45) is 4.15.